The first-order chi connectivity index (χ1) is 7.16. The summed E-state index contributed by atoms with van der Waals surface area (Å²) < 4.78 is 0. The highest BCUT2D eigenvalue weighted by atomic mass is 16.3. The van der Waals surface area contributed by atoms with E-state index in [-0.39, 0.29) is 12.6 Å². The molecule has 0 saturated heterocycles. The predicted octanol–water partition coefficient (Wildman–Crippen LogP) is 1.03. The van der Waals surface area contributed by atoms with Gasteiger partial charge in [-0.15, -0.1) is 0 Å². The zero-order valence-electron chi connectivity index (χ0n) is 9.30. The Kier molecular flexibility index (Phi) is 4.75. The Bertz CT molecular complexity index is 276. The van der Waals surface area contributed by atoms with E-state index >= 15 is 0 Å². The molecule has 15 heavy (non-hydrogen) atoms. The Morgan fingerprint density at radius 3 is 2.40 bits per heavy atom. The van der Waals surface area contributed by atoms with Crippen molar-refractivity contribution in [1.29, 1.82) is 0 Å². The van der Waals surface area contributed by atoms with Crippen LogP contribution in [-0.2, 0) is 0 Å². The number of nitrogens with zero attached hydrogens (tertiary/aromatic N) is 1. The third-order valence-electron chi connectivity index (χ3n) is 2.75. The second-order valence-corrected chi connectivity index (χ2v) is 3.80. The second kappa shape index (κ2) is 5.85. The van der Waals surface area contributed by atoms with Crippen LogP contribution in [0.2, 0.25) is 0 Å². The van der Waals surface area contributed by atoms with Gasteiger partial charge >= 0.3 is 0 Å². The number of hydrogen-bond donors (Lipinski definition) is 2. The molecule has 0 aliphatic carbocycles. The maximum absolute atomic E-state index is 10.1. The number of rotatable bonds is 5. The lowest BCUT2D eigenvalue weighted by Crippen LogP contribution is -2.36. The molecule has 0 aliphatic rings. The molecule has 0 radical (unpaired) electrons. The average Bonchev–Trinajstić information content (AvgIpc) is 2.28. The van der Waals surface area contributed by atoms with Crippen molar-refractivity contribution in [3.05, 3.63) is 35.9 Å². The van der Waals surface area contributed by atoms with Crippen LogP contribution in [0.4, 0.5) is 0 Å². The molecule has 0 unspecified atom stereocenters. The highest BCUT2D eigenvalue weighted by Crippen LogP contribution is 2.19. The fourth-order valence-electron chi connectivity index (χ4n) is 1.53. The smallest absolute Gasteiger partial charge is 0.0942 e. The molecule has 84 valence electrons. The van der Waals surface area contributed by atoms with Crippen LogP contribution in [0, 0.1) is 0 Å². The second-order valence-electron chi connectivity index (χ2n) is 3.80. The van der Waals surface area contributed by atoms with Crippen LogP contribution in [0.25, 0.3) is 0 Å². The fraction of sp³-hybridized carbons (Fsp3) is 0.500. The van der Waals surface area contributed by atoms with E-state index in [1.54, 1.807) is 0 Å². The quantitative estimate of drug-likeness (QED) is 0.761. The SMILES string of the molecule is C[C@@H]([C@@H](O)c1ccccc1)N(C)CCO. The normalized spacial score (nSPS) is 15.3. The van der Waals surface area contributed by atoms with Gasteiger partial charge in [0.1, 0.15) is 0 Å². The lowest BCUT2D eigenvalue weighted by Gasteiger charge is -2.28. The molecule has 0 spiro atoms. The van der Waals surface area contributed by atoms with Crippen molar-refractivity contribution in [2.24, 2.45) is 0 Å². The van der Waals surface area contributed by atoms with Crippen LogP contribution in [0.3, 0.4) is 0 Å². The van der Waals surface area contributed by atoms with Gasteiger partial charge in [-0.2, -0.15) is 0 Å². The number of likely N-dealkylation sites (N-methyl/N-ethyl adjacent to an activating group) is 1. The van der Waals surface area contributed by atoms with Gasteiger partial charge in [-0.25, -0.2) is 0 Å². The first kappa shape index (κ1) is 12.2. The van der Waals surface area contributed by atoms with Gasteiger partial charge in [0.15, 0.2) is 0 Å². The van der Waals surface area contributed by atoms with Gasteiger partial charge in [0.05, 0.1) is 12.7 Å². The van der Waals surface area contributed by atoms with Gasteiger partial charge in [-0.3, -0.25) is 4.90 Å². The highest BCUT2D eigenvalue weighted by Gasteiger charge is 2.19. The molecule has 1 rings (SSSR count). The van der Waals surface area contributed by atoms with Crippen molar-refractivity contribution in [2.75, 3.05) is 20.2 Å². The van der Waals surface area contributed by atoms with E-state index in [2.05, 4.69) is 0 Å². The first-order valence-electron chi connectivity index (χ1n) is 5.21. The summed E-state index contributed by atoms with van der Waals surface area (Å²) in [6.45, 7) is 2.64. The monoisotopic (exact) mass is 209 g/mol. The van der Waals surface area contributed by atoms with Crippen molar-refractivity contribution in [3.8, 4) is 0 Å². The van der Waals surface area contributed by atoms with Crippen LogP contribution >= 0.6 is 0 Å². The molecule has 3 heteroatoms. The van der Waals surface area contributed by atoms with Crippen molar-refractivity contribution in [1.82, 2.24) is 4.90 Å². The summed E-state index contributed by atoms with van der Waals surface area (Å²) in [7, 11) is 1.90. The van der Waals surface area contributed by atoms with Crippen LogP contribution in [-0.4, -0.2) is 41.4 Å². The van der Waals surface area contributed by atoms with Gasteiger partial charge < -0.3 is 10.2 Å². The van der Waals surface area contributed by atoms with Crippen molar-refractivity contribution in [3.63, 3.8) is 0 Å². The number of aliphatic hydroxyl groups excluding tert-OH is 2. The number of hydrogen-bond acceptors (Lipinski definition) is 3. The summed E-state index contributed by atoms with van der Waals surface area (Å²) >= 11 is 0. The largest absolute Gasteiger partial charge is 0.395 e. The predicted molar refractivity (Wildman–Crippen MR) is 60.6 cm³/mol. The molecule has 2 N–H and O–H groups in total. The molecular weight excluding hydrogens is 190 g/mol. The number of benzene rings is 1. The summed E-state index contributed by atoms with van der Waals surface area (Å²) in [4.78, 5) is 1.94. The van der Waals surface area contributed by atoms with Crippen molar-refractivity contribution >= 4 is 0 Å². The van der Waals surface area contributed by atoms with Crippen LogP contribution < -0.4 is 0 Å². The lowest BCUT2D eigenvalue weighted by molar-refractivity contribution is 0.0632. The molecule has 0 bridgehead atoms. The molecule has 0 fully saturated rings. The van der Waals surface area contributed by atoms with Gasteiger partial charge in [-0.1, -0.05) is 30.3 Å². The van der Waals surface area contributed by atoms with Crippen LogP contribution in [0.15, 0.2) is 30.3 Å². The van der Waals surface area contributed by atoms with E-state index in [0.29, 0.717) is 6.54 Å². The molecular formula is C12H19NO2. The zero-order valence-corrected chi connectivity index (χ0v) is 9.30. The summed E-state index contributed by atoms with van der Waals surface area (Å²) in [6.07, 6.45) is -0.511. The van der Waals surface area contributed by atoms with Crippen molar-refractivity contribution in [2.45, 2.75) is 19.1 Å². The Morgan fingerprint density at radius 2 is 1.87 bits per heavy atom. The van der Waals surface area contributed by atoms with E-state index in [4.69, 9.17) is 5.11 Å². The molecule has 2 atom stereocenters. The topological polar surface area (TPSA) is 43.7 Å². The molecule has 0 saturated carbocycles. The molecule has 1 aromatic rings. The van der Waals surface area contributed by atoms with Gasteiger partial charge in [0, 0.05) is 12.6 Å². The third kappa shape index (κ3) is 3.30. The van der Waals surface area contributed by atoms with Gasteiger partial charge in [0.25, 0.3) is 0 Å². The van der Waals surface area contributed by atoms with E-state index in [9.17, 15) is 5.11 Å². The Labute approximate surface area is 91.0 Å². The highest BCUT2D eigenvalue weighted by molar-refractivity contribution is 5.18. The van der Waals surface area contributed by atoms with Crippen LogP contribution in [0.5, 0.6) is 0 Å². The van der Waals surface area contributed by atoms with Crippen molar-refractivity contribution < 1.29 is 10.2 Å². The standard InChI is InChI=1S/C12H19NO2/c1-10(13(2)8-9-14)12(15)11-6-4-3-5-7-11/h3-7,10,12,14-15H,8-9H2,1-2H3/t10-,12+/m0/s1. The molecule has 0 aliphatic heterocycles. The van der Waals surface area contributed by atoms with E-state index in [1.807, 2.05) is 49.2 Å². The minimum Gasteiger partial charge on any atom is -0.395 e. The maximum Gasteiger partial charge on any atom is 0.0942 e. The molecule has 1 aromatic carbocycles. The first-order valence-corrected chi connectivity index (χ1v) is 5.21. The molecule has 0 amide bonds. The van der Waals surface area contributed by atoms with Gasteiger partial charge in [0.2, 0.25) is 0 Å². The minimum absolute atomic E-state index is 0.000417. The summed E-state index contributed by atoms with van der Waals surface area (Å²) in [5, 5.41) is 18.9. The van der Waals surface area contributed by atoms with E-state index in [0.717, 1.165) is 5.56 Å². The molecule has 3 nitrogen and oxygen atoms in total. The zero-order chi connectivity index (χ0) is 11.3. The average molecular weight is 209 g/mol. The van der Waals surface area contributed by atoms with Gasteiger partial charge in [-0.05, 0) is 19.5 Å². The Morgan fingerprint density at radius 1 is 1.27 bits per heavy atom. The fourth-order valence-corrected chi connectivity index (χ4v) is 1.53. The maximum atomic E-state index is 10.1. The minimum atomic E-state index is -0.511. The Balaban J connectivity index is 2.64. The summed E-state index contributed by atoms with van der Waals surface area (Å²) in [5.74, 6) is 0. The molecule has 0 heterocycles. The number of aliphatic hydroxyl groups is 2. The Hall–Kier alpha value is -0.900. The summed E-state index contributed by atoms with van der Waals surface area (Å²) in [5.41, 5.74) is 0.912. The molecule has 0 aromatic heterocycles. The van der Waals surface area contributed by atoms with Crippen LogP contribution in [0.1, 0.15) is 18.6 Å². The summed E-state index contributed by atoms with van der Waals surface area (Å²) in [6, 6.07) is 9.58. The third-order valence-corrected chi connectivity index (χ3v) is 2.75. The lowest BCUT2D eigenvalue weighted by atomic mass is 10.0. The van der Waals surface area contributed by atoms with E-state index < -0.39 is 6.10 Å². The van der Waals surface area contributed by atoms with E-state index in [1.165, 1.54) is 0 Å².